The summed E-state index contributed by atoms with van der Waals surface area (Å²) in [6, 6.07) is 0. The maximum atomic E-state index is 12.1. The molecule has 56 heavy (non-hydrogen) atoms. The lowest BCUT2D eigenvalue weighted by Gasteiger charge is -2.22. The zero-order valence-corrected chi connectivity index (χ0v) is 37.9. The van der Waals surface area contributed by atoms with E-state index in [2.05, 4.69) is 24.5 Å². The lowest BCUT2D eigenvalue weighted by Crippen LogP contribution is -2.37. The van der Waals surface area contributed by atoms with Crippen LogP contribution in [0.3, 0.4) is 0 Å². The molecule has 0 radical (unpaired) electrons. The average molecular weight is 798 g/mol. The highest BCUT2D eigenvalue weighted by Crippen LogP contribution is 2.15. The lowest BCUT2D eigenvalue weighted by atomic mass is 10.0. The maximum Gasteiger partial charge on any atom is 0.219 e. The van der Waals surface area contributed by atoms with Crippen LogP contribution in [0.25, 0.3) is 0 Å². The van der Waals surface area contributed by atoms with Gasteiger partial charge in [-0.3, -0.25) is 4.79 Å². The normalized spacial score (nSPS) is 12.7. The summed E-state index contributed by atoms with van der Waals surface area (Å²) in [5.41, 5.74) is 0. The van der Waals surface area contributed by atoms with Crippen LogP contribution in [0.1, 0.15) is 226 Å². The number of hydrogen-bond donors (Lipinski definition) is 4. The van der Waals surface area contributed by atoms with Gasteiger partial charge >= 0.3 is 0 Å². The largest absolute Gasteiger partial charge is 0.389 e. The van der Waals surface area contributed by atoms with Crippen molar-refractivity contribution in [1.29, 1.82) is 0 Å². The first-order valence-electron chi connectivity index (χ1n) is 24.7. The zero-order valence-electron chi connectivity index (χ0n) is 37.9. The second-order valence-electron chi connectivity index (χ2n) is 17.0. The first-order valence-corrected chi connectivity index (χ1v) is 24.7. The quantitative estimate of drug-likeness (QED) is 0.0455. The molecule has 0 saturated carbocycles. The molecule has 0 saturated heterocycles. The smallest absolute Gasteiger partial charge is 0.219 e. The van der Waals surface area contributed by atoms with Gasteiger partial charge in [-0.25, -0.2) is 0 Å². The Morgan fingerprint density at radius 3 is 0.946 bits per heavy atom. The number of amides is 1. The van der Waals surface area contributed by atoms with E-state index in [-0.39, 0.29) is 19.1 Å². The van der Waals surface area contributed by atoms with Gasteiger partial charge in [-0.2, -0.15) is 0 Å². The van der Waals surface area contributed by atoms with Crippen LogP contribution in [-0.2, 0) is 14.3 Å². The van der Waals surface area contributed by atoms with E-state index in [0.717, 1.165) is 25.9 Å². The SMILES string of the molecule is CCCCCCCCCCCCCCCCCCNCC(O)COCCN(CCOCC(O)CNCCCCCCCCCCCCCCCCCC)C(C)=O. The van der Waals surface area contributed by atoms with E-state index in [9.17, 15) is 15.0 Å². The predicted octanol–water partition coefficient (Wildman–Crippen LogP) is 11.3. The fraction of sp³-hybridized carbons (Fsp3) is 0.979. The highest BCUT2D eigenvalue weighted by Gasteiger charge is 2.11. The Hall–Kier alpha value is -0.770. The summed E-state index contributed by atoms with van der Waals surface area (Å²) in [5, 5.41) is 27.2. The Labute approximate surface area is 349 Å². The highest BCUT2D eigenvalue weighted by atomic mass is 16.5. The molecular weight excluding hydrogens is 699 g/mol. The van der Waals surface area contributed by atoms with Crippen molar-refractivity contribution in [3.05, 3.63) is 0 Å². The Morgan fingerprint density at radius 1 is 0.446 bits per heavy atom. The minimum atomic E-state index is -0.552. The molecule has 0 rings (SSSR count). The third-order valence-corrected chi connectivity index (χ3v) is 11.3. The van der Waals surface area contributed by atoms with E-state index in [1.165, 1.54) is 193 Å². The van der Waals surface area contributed by atoms with Crippen LogP contribution in [0.2, 0.25) is 0 Å². The predicted molar refractivity (Wildman–Crippen MR) is 241 cm³/mol. The first-order chi connectivity index (χ1) is 27.5. The molecule has 2 unspecified atom stereocenters. The second-order valence-corrected chi connectivity index (χ2v) is 17.0. The van der Waals surface area contributed by atoms with Crippen molar-refractivity contribution in [2.24, 2.45) is 0 Å². The summed E-state index contributed by atoms with van der Waals surface area (Å²) in [6.45, 7) is 11.2. The van der Waals surface area contributed by atoms with Crippen LogP contribution in [-0.4, -0.2) is 98.9 Å². The summed E-state index contributed by atoms with van der Waals surface area (Å²) in [4.78, 5) is 13.8. The number of nitrogens with zero attached hydrogens (tertiary/aromatic N) is 1. The van der Waals surface area contributed by atoms with Gasteiger partial charge in [0.25, 0.3) is 0 Å². The number of aliphatic hydroxyl groups is 2. The summed E-state index contributed by atoms with van der Waals surface area (Å²) in [7, 11) is 0. The number of aliphatic hydroxyl groups excluding tert-OH is 2. The number of hydrogen-bond acceptors (Lipinski definition) is 7. The van der Waals surface area contributed by atoms with Gasteiger partial charge in [0.15, 0.2) is 0 Å². The summed E-state index contributed by atoms with van der Waals surface area (Å²) in [5.74, 6) is -0.0285. The summed E-state index contributed by atoms with van der Waals surface area (Å²) in [6.07, 6.45) is 42.8. The van der Waals surface area contributed by atoms with Gasteiger partial charge in [0.2, 0.25) is 5.91 Å². The van der Waals surface area contributed by atoms with Gasteiger partial charge in [0, 0.05) is 33.1 Å². The maximum absolute atomic E-state index is 12.1. The number of rotatable bonds is 48. The van der Waals surface area contributed by atoms with Gasteiger partial charge in [-0.05, 0) is 25.9 Å². The van der Waals surface area contributed by atoms with Crippen LogP contribution < -0.4 is 10.6 Å². The van der Waals surface area contributed by atoms with Crippen LogP contribution in [0.4, 0.5) is 0 Å². The molecule has 0 aromatic rings. The van der Waals surface area contributed by atoms with Crippen molar-refractivity contribution < 1.29 is 24.5 Å². The molecule has 336 valence electrons. The average Bonchev–Trinajstić information content (AvgIpc) is 3.19. The van der Waals surface area contributed by atoms with Gasteiger partial charge in [0.1, 0.15) is 0 Å². The fourth-order valence-corrected chi connectivity index (χ4v) is 7.47. The molecule has 0 aromatic carbocycles. The molecule has 0 aromatic heterocycles. The molecule has 0 bridgehead atoms. The topological polar surface area (TPSA) is 103 Å². The van der Waals surface area contributed by atoms with Crippen LogP contribution >= 0.6 is 0 Å². The molecule has 8 heteroatoms. The molecule has 2 atom stereocenters. The molecule has 4 N–H and O–H groups in total. The molecule has 1 amide bonds. The van der Waals surface area contributed by atoms with E-state index in [1.807, 2.05) is 0 Å². The summed E-state index contributed by atoms with van der Waals surface area (Å²) < 4.78 is 11.3. The Balaban J connectivity index is 3.50. The van der Waals surface area contributed by atoms with Crippen LogP contribution in [0.15, 0.2) is 0 Å². The molecule has 0 aliphatic rings. The monoisotopic (exact) mass is 798 g/mol. The second kappa shape index (κ2) is 46.9. The third-order valence-electron chi connectivity index (χ3n) is 11.3. The lowest BCUT2D eigenvalue weighted by molar-refractivity contribution is -0.130. The minimum Gasteiger partial charge on any atom is -0.389 e. The van der Waals surface area contributed by atoms with E-state index in [4.69, 9.17) is 9.47 Å². The highest BCUT2D eigenvalue weighted by molar-refractivity contribution is 5.73. The van der Waals surface area contributed by atoms with Crippen molar-refractivity contribution in [2.75, 3.05) is 65.7 Å². The van der Waals surface area contributed by atoms with Crippen molar-refractivity contribution in [2.45, 2.75) is 238 Å². The number of carbonyl (C=O) groups excluding carboxylic acids is 1. The van der Waals surface area contributed by atoms with Crippen molar-refractivity contribution in [3.63, 3.8) is 0 Å². The number of ether oxygens (including phenoxy) is 2. The Morgan fingerprint density at radius 2 is 0.696 bits per heavy atom. The van der Waals surface area contributed by atoms with E-state index in [0.29, 0.717) is 39.4 Å². The molecule has 0 aliphatic carbocycles. The molecular formula is C48H99N3O5. The molecule has 0 aliphatic heterocycles. The Bertz CT molecular complexity index is 706. The molecule has 0 fully saturated rings. The molecule has 0 heterocycles. The van der Waals surface area contributed by atoms with Crippen molar-refractivity contribution in [3.8, 4) is 0 Å². The number of unbranched alkanes of at least 4 members (excludes halogenated alkanes) is 30. The Kier molecular flexibility index (Phi) is 46.3. The zero-order chi connectivity index (χ0) is 40.8. The standard InChI is InChI=1S/C48H99N3O5/c1-4-6-8-10-12-14-16-18-20-22-24-26-28-30-32-34-36-49-42-47(53)44-55-40-38-51(46(3)52)39-41-56-45-48(54)43-50-37-35-33-31-29-27-25-23-21-19-17-15-13-11-9-7-5-2/h47-50,53-54H,4-45H2,1-3H3. The van der Waals surface area contributed by atoms with E-state index < -0.39 is 12.2 Å². The third kappa shape index (κ3) is 44.3. The number of carbonyl (C=O) groups is 1. The molecule has 8 nitrogen and oxygen atoms in total. The van der Waals surface area contributed by atoms with Gasteiger partial charge in [0.05, 0.1) is 38.6 Å². The van der Waals surface area contributed by atoms with Crippen molar-refractivity contribution >= 4 is 5.91 Å². The molecule has 0 spiro atoms. The van der Waals surface area contributed by atoms with Gasteiger partial charge in [-0.1, -0.05) is 206 Å². The van der Waals surface area contributed by atoms with Crippen molar-refractivity contribution in [1.82, 2.24) is 15.5 Å². The van der Waals surface area contributed by atoms with Crippen LogP contribution in [0, 0.1) is 0 Å². The fourth-order valence-electron chi connectivity index (χ4n) is 7.47. The summed E-state index contributed by atoms with van der Waals surface area (Å²) >= 11 is 0. The van der Waals surface area contributed by atoms with Gasteiger partial charge < -0.3 is 35.2 Å². The number of nitrogens with one attached hydrogen (secondary N) is 2. The van der Waals surface area contributed by atoms with Gasteiger partial charge in [-0.15, -0.1) is 0 Å². The van der Waals surface area contributed by atoms with E-state index >= 15 is 0 Å². The minimum absolute atomic E-state index is 0.0285. The van der Waals surface area contributed by atoms with E-state index in [1.54, 1.807) is 11.8 Å². The first kappa shape index (κ1) is 55.2. The van der Waals surface area contributed by atoms with Crippen LogP contribution in [0.5, 0.6) is 0 Å².